The van der Waals surface area contributed by atoms with Gasteiger partial charge in [0.25, 0.3) is 0 Å². The first-order valence-corrected chi connectivity index (χ1v) is 6.23. The fourth-order valence-electron chi connectivity index (χ4n) is 1.76. The minimum absolute atomic E-state index is 0.117. The summed E-state index contributed by atoms with van der Waals surface area (Å²) in [5.74, 6) is 0.279. The molecule has 17 heavy (non-hydrogen) atoms. The highest BCUT2D eigenvalue weighted by molar-refractivity contribution is 6.35. The Kier molecular flexibility index (Phi) is 3.92. The van der Waals surface area contributed by atoms with E-state index in [1.807, 2.05) is 6.07 Å². The number of nitrogens with zero attached hydrogens (tertiary/aromatic N) is 1. The molecule has 0 radical (unpaired) electrons. The maximum Gasteiger partial charge on any atom is 0.228 e. The van der Waals surface area contributed by atoms with Crippen molar-refractivity contribution in [2.24, 2.45) is 5.92 Å². The Morgan fingerprint density at radius 1 is 1.47 bits per heavy atom. The molecule has 1 aromatic carbocycles. The van der Waals surface area contributed by atoms with Gasteiger partial charge in [-0.1, -0.05) is 29.3 Å². The SMILES string of the molecule is CN(Cc1ccc(Cl)cc1Cl)C(=O)C1CNC1. The van der Waals surface area contributed by atoms with Gasteiger partial charge in [0.15, 0.2) is 0 Å². The van der Waals surface area contributed by atoms with E-state index >= 15 is 0 Å². The topological polar surface area (TPSA) is 32.3 Å². The molecule has 0 atom stereocenters. The summed E-state index contributed by atoms with van der Waals surface area (Å²) in [5, 5.41) is 4.30. The van der Waals surface area contributed by atoms with Crippen molar-refractivity contribution in [3.63, 3.8) is 0 Å². The van der Waals surface area contributed by atoms with Crippen molar-refractivity contribution in [1.29, 1.82) is 0 Å². The molecule has 5 heteroatoms. The second-order valence-electron chi connectivity index (χ2n) is 4.29. The molecule has 1 heterocycles. The van der Waals surface area contributed by atoms with Crippen LogP contribution in [0, 0.1) is 5.92 Å². The summed E-state index contributed by atoms with van der Waals surface area (Å²) in [4.78, 5) is 13.6. The van der Waals surface area contributed by atoms with Crippen LogP contribution >= 0.6 is 23.2 Å². The van der Waals surface area contributed by atoms with Gasteiger partial charge in [-0.25, -0.2) is 0 Å². The van der Waals surface area contributed by atoms with Gasteiger partial charge in [0.2, 0.25) is 5.91 Å². The van der Waals surface area contributed by atoms with E-state index < -0.39 is 0 Å². The lowest BCUT2D eigenvalue weighted by molar-refractivity contribution is -0.136. The van der Waals surface area contributed by atoms with E-state index in [9.17, 15) is 4.79 Å². The standard InChI is InChI=1S/C12H14Cl2N2O/c1-16(12(17)9-5-15-6-9)7-8-2-3-10(13)4-11(8)14/h2-4,9,15H,5-7H2,1H3. The highest BCUT2D eigenvalue weighted by atomic mass is 35.5. The molecule has 0 unspecified atom stereocenters. The third-order valence-electron chi connectivity index (χ3n) is 2.93. The Balaban J connectivity index is 2.01. The first kappa shape index (κ1) is 12.7. The second-order valence-corrected chi connectivity index (χ2v) is 5.13. The van der Waals surface area contributed by atoms with Gasteiger partial charge < -0.3 is 10.2 Å². The number of rotatable bonds is 3. The molecule has 1 fully saturated rings. The van der Waals surface area contributed by atoms with E-state index in [0.717, 1.165) is 18.7 Å². The summed E-state index contributed by atoms with van der Waals surface area (Å²) in [7, 11) is 1.80. The van der Waals surface area contributed by atoms with Crippen molar-refractivity contribution < 1.29 is 4.79 Å². The number of nitrogens with one attached hydrogen (secondary N) is 1. The van der Waals surface area contributed by atoms with E-state index in [0.29, 0.717) is 16.6 Å². The Morgan fingerprint density at radius 2 is 2.18 bits per heavy atom. The summed E-state index contributed by atoms with van der Waals surface area (Å²) < 4.78 is 0. The fourth-order valence-corrected chi connectivity index (χ4v) is 2.23. The van der Waals surface area contributed by atoms with Crippen molar-refractivity contribution in [1.82, 2.24) is 10.2 Å². The number of benzene rings is 1. The minimum atomic E-state index is 0.117. The molecular weight excluding hydrogens is 259 g/mol. The van der Waals surface area contributed by atoms with Crippen LogP contribution in [-0.4, -0.2) is 30.9 Å². The molecule has 0 saturated carbocycles. The molecule has 1 saturated heterocycles. The molecule has 2 rings (SSSR count). The van der Waals surface area contributed by atoms with Crippen molar-refractivity contribution in [3.05, 3.63) is 33.8 Å². The molecule has 1 aliphatic heterocycles. The molecule has 0 aromatic heterocycles. The quantitative estimate of drug-likeness (QED) is 0.915. The van der Waals surface area contributed by atoms with Crippen LogP contribution in [-0.2, 0) is 11.3 Å². The molecule has 0 aliphatic carbocycles. The zero-order chi connectivity index (χ0) is 12.4. The monoisotopic (exact) mass is 272 g/mol. The van der Waals surface area contributed by atoms with E-state index in [-0.39, 0.29) is 11.8 Å². The molecule has 3 nitrogen and oxygen atoms in total. The highest BCUT2D eigenvalue weighted by Gasteiger charge is 2.27. The van der Waals surface area contributed by atoms with Crippen molar-refractivity contribution in [2.45, 2.75) is 6.54 Å². The average molecular weight is 273 g/mol. The van der Waals surface area contributed by atoms with E-state index in [4.69, 9.17) is 23.2 Å². The number of carbonyl (C=O) groups excluding carboxylic acids is 1. The summed E-state index contributed by atoms with van der Waals surface area (Å²) in [6.07, 6.45) is 0. The van der Waals surface area contributed by atoms with E-state index in [1.54, 1.807) is 24.1 Å². The Labute approximate surface area is 111 Å². The Bertz CT molecular complexity index is 433. The molecular formula is C12H14Cl2N2O. The van der Waals surface area contributed by atoms with Gasteiger partial charge in [-0.15, -0.1) is 0 Å². The molecule has 1 aromatic rings. The van der Waals surface area contributed by atoms with Gasteiger partial charge in [-0.3, -0.25) is 4.79 Å². The average Bonchev–Trinajstić information content (AvgIpc) is 2.19. The van der Waals surface area contributed by atoms with Gasteiger partial charge in [0.05, 0.1) is 5.92 Å². The zero-order valence-corrected chi connectivity index (χ0v) is 11.1. The van der Waals surface area contributed by atoms with Gasteiger partial charge in [0, 0.05) is 36.7 Å². The van der Waals surface area contributed by atoms with Gasteiger partial charge in [-0.05, 0) is 17.7 Å². The number of amides is 1. The van der Waals surface area contributed by atoms with Crippen LogP contribution in [0.1, 0.15) is 5.56 Å². The normalized spacial score (nSPS) is 15.5. The smallest absolute Gasteiger partial charge is 0.228 e. The third kappa shape index (κ3) is 2.92. The van der Waals surface area contributed by atoms with Crippen molar-refractivity contribution >= 4 is 29.1 Å². The van der Waals surface area contributed by atoms with Gasteiger partial charge in [0.1, 0.15) is 0 Å². The molecule has 0 spiro atoms. The van der Waals surface area contributed by atoms with Crippen LogP contribution in [0.4, 0.5) is 0 Å². The van der Waals surface area contributed by atoms with Crippen LogP contribution in [0.3, 0.4) is 0 Å². The second kappa shape index (κ2) is 5.25. The minimum Gasteiger partial charge on any atom is -0.341 e. The predicted octanol–water partition coefficient (Wildman–Crippen LogP) is 2.17. The van der Waals surface area contributed by atoms with E-state index in [2.05, 4.69) is 5.32 Å². The van der Waals surface area contributed by atoms with Crippen LogP contribution in [0.2, 0.25) is 10.0 Å². The summed E-state index contributed by atoms with van der Waals surface area (Å²) in [6.45, 7) is 2.07. The van der Waals surface area contributed by atoms with Crippen LogP contribution in [0.15, 0.2) is 18.2 Å². The summed E-state index contributed by atoms with van der Waals surface area (Å²) in [5.41, 5.74) is 0.916. The van der Waals surface area contributed by atoms with Crippen molar-refractivity contribution in [3.8, 4) is 0 Å². The predicted molar refractivity (Wildman–Crippen MR) is 69.3 cm³/mol. The summed E-state index contributed by atoms with van der Waals surface area (Å²) >= 11 is 11.9. The first-order chi connectivity index (χ1) is 8.08. The lowest BCUT2D eigenvalue weighted by Crippen LogP contribution is -2.51. The number of carbonyl (C=O) groups is 1. The molecule has 1 amide bonds. The van der Waals surface area contributed by atoms with Crippen LogP contribution in [0.25, 0.3) is 0 Å². The van der Waals surface area contributed by atoms with Crippen LogP contribution in [0.5, 0.6) is 0 Å². The van der Waals surface area contributed by atoms with Gasteiger partial charge in [-0.2, -0.15) is 0 Å². The first-order valence-electron chi connectivity index (χ1n) is 5.47. The summed E-state index contributed by atoms with van der Waals surface area (Å²) in [6, 6.07) is 5.33. The fraction of sp³-hybridized carbons (Fsp3) is 0.417. The van der Waals surface area contributed by atoms with Crippen LogP contribution < -0.4 is 5.32 Å². The largest absolute Gasteiger partial charge is 0.341 e. The zero-order valence-electron chi connectivity index (χ0n) is 9.54. The Morgan fingerprint density at radius 3 is 2.71 bits per heavy atom. The highest BCUT2D eigenvalue weighted by Crippen LogP contribution is 2.22. The molecule has 0 bridgehead atoms. The maximum atomic E-state index is 11.9. The number of halogens is 2. The molecule has 1 N–H and O–H groups in total. The lowest BCUT2D eigenvalue weighted by Gasteiger charge is -2.30. The van der Waals surface area contributed by atoms with Crippen molar-refractivity contribution in [2.75, 3.05) is 20.1 Å². The maximum absolute atomic E-state index is 11.9. The molecule has 92 valence electrons. The Hall–Kier alpha value is -0.770. The number of hydrogen-bond donors (Lipinski definition) is 1. The van der Waals surface area contributed by atoms with E-state index in [1.165, 1.54) is 0 Å². The third-order valence-corrected chi connectivity index (χ3v) is 3.52. The number of hydrogen-bond acceptors (Lipinski definition) is 2. The molecule has 1 aliphatic rings. The lowest BCUT2D eigenvalue weighted by atomic mass is 10.0. The van der Waals surface area contributed by atoms with Gasteiger partial charge >= 0.3 is 0 Å².